The van der Waals surface area contributed by atoms with Gasteiger partial charge in [0.25, 0.3) is 0 Å². The van der Waals surface area contributed by atoms with Gasteiger partial charge in [-0.25, -0.2) is 5.84 Å². The summed E-state index contributed by atoms with van der Waals surface area (Å²) in [6.45, 7) is 0. The summed E-state index contributed by atoms with van der Waals surface area (Å²) in [6, 6.07) is 7.58. The third-order valence-corrected chi connectivity index (χ3v) is 3.29. The summed E-state index contributed by atoms with van der Waals surface area (Å²) in [6.07, 6.45) is 0.242. The molecule has 1 aromatic rings. The lowest BCUT2D eigenvalue weighted by Crippen LogP contribution is -2.31. The first-order valence-corrected chi connectivity index (χ1v) is 6.53. The predicted octanol–water partition coefficient (Wildman–Crippen LogP) is 0.625. The number of rotatable bonds is 6. The van der Waals surface area contributed by atoms with E-state index in [9.17, 15) is 9.59 Å². The van der Waals surface area contributed by atoms with E-state index in [2.05, 4.69) is 10.2 Å². The number of esters is 1. The number of hydrogen-bond donors (Lipinski definition) is 2. The van der Waals surface area contributed by atoms with Crippen LogP contribution in [0.5, 0.6) is 0 Å². The number of thioether (sulfide) groups is 1. The molecule has 0 spiro atoms. The molecule has 98 valence electrons. The van der Waals surface area contributed by atoms with Crippen LogP contribution in [0.3, 0.4) is 0 Å². The number of nitrogens with two attached hydrogens (primary N) is 1. The Hall–Kier alpha value is -1.53. The van der Waals surface area contributed by atoms with Crippen LogP contribution in [-0.4, -0.2) is 24.7 Å². The topological polar surface area (TPSA) is 81.4 Å². The van der Waals surface area contributed by atoms with Crippen molar-refractivity contribution in [2.45, 2.75) is 12.2 Å². The minimum atomic E-state index is -0.253. The van der Waals surface area contributed by atoms with Crippen molar-refractivity contribution in [1.82, 2.24) is 5.43 Å². The van der Waals surface area contributed by atoms with Crippen LogP contribution >= 0.6 is 11.8 Å². The molecule has 0 atom stereocenters. The molecule has 0 radical (unpaired) electrons. The maximum atomic E-state index is 11.2. The third-order valence-electron chi connectivity index (χ3n) is 2.34. The number of amides is 1. The monoisotopic (exact) mass is 268 g/mol. The zero-order chi connectivity index (χ0) is 13.4. The van der Waals surface area contributed by atoms with Crippen molar-refractivity contribution < 1.29 is 14.3 Å². The van der Waals surface area contributed by atoms with E-state index >= 15 is 0 Å². The molecule has 0 aliphatic rings. The van der Waals surface area contributed by atoms with Crippen molar-refractivity contribution in [2.24, 2.45) is 5.84 Å². The highest BCUT2D eigenvalue weighted by Crippen LogP contribution is 2.17. The molecule has 6 heteroatoms. The van der Waals surface area contributed by atoms with Gasteiger partial charge in [0.1, 0.15) is 0 Å². The minimum Gasteiger partial charge on any atom is -0.468 e. The number of nitrogens with one attached hydrogen (secondary N) is 1. The van der Waals surface area contributed by atoms with Crippen molar-refractivity contribution in [3.8, 4) is 0 Å². The normalized spacial score (nSPS) is 9.89. The van der Waals surface area contributed by atoms with Gasteiger partial charge in [0.2, 0.25) is 5.91 Å². The van der Waals surface area contributed by atoms with E-state index in [4.69, 9.17) is 5.84 Å². The second kappa shape index (κ2) is 7.73. The molecular formula is C12H16N2O3S. The molecule has 0 unspecified atom stereocenters. The van der Waals surface area contributed by atoms with Gasteiger partial charge in [0, 0.05) is 5.75 Å². The van der Waals surface area contributed by atoms with Crippen LogP contribution < -0.4 is 11.3 Å². The number of carbonyl (C=O) groups is 2. The summed E-state index contributed by atoms with van der Waals surface area (Å²) in [4.78, 5) is 22.2. The lowest BCUT2D eigenvalue weighted by atomic mass is 10.1. The van der Waals surface area contributed by atoms with Gasteiger partial charge in [0.15, 0.2) is 0 Å². The van der Waals surface area contributed by atoms with Crippen LogP contribution in [0.15, 0.2) is 24.3 Å². The average Bonchev–Trinajstić information content (AvgIpc) is 2.40. The Morgan fingerprint density at radius 2 is 2.00 bits per heavy atom. The standard InChI is InChI=1S/C12H16N2O3S/c1-17-12(16)8-18-7-10-5-3-2-4-9(10)6-11(15)14-13/h2-5H,6-8,13H2,1H3,(H,14,15). The van der Waals surface area contributed by atoms with Crippen molar-refractivity contribution in [2.75, 3.05) is 12.9 Å². The zero-order valence-electron chi connectivity index (χ0n) is 10.1. The van der Waals surface area contributed by atoms with Crippen molar-refractivity contribution in [3.05, 3.63) is 35.4 Å². The highest BCUT2D eigenvalue weighted by Gasteiger charge is 2.07. The second-order valence-electron chi connectivity index (χ2n) is 3.58. The van der Waals surface area contributed by atoms with E-state index in [1.807, 2.05) is 24.3 Å². The fourth-order valence-corrected chi connectivity index (χ4v) is 2.29. The van der Waals surface area contributed by atoms with Gasteiger partial charge in [-0.15, -0.1) is 11.8 Å². The maximum Gasteiger partial charge on any atom is 0.315 e. The number of methoxy groups -OCH3 is 1. The summed E-state index contributed by atoms with van der Waals surface area (Å²) < 4.78 is 4.56. The molecule has 1 aromatic carbocycles. The summed E-state index contributed by atoms with van der Waals surface area (Å²) in [7, 11) is 1.36. The van der Waals surface area contributed by atoms with E-state index in [1.165, 1.54) is 18.9 Å². The van der Waals surface area contributed by atoms with Crippen molar-refractivity contribution in [1.29, 1.82) is 0 Å². The number of ether oxygens (including phenoxy) is 1. The molecule has 5 nitrogen and oxygen atoms in total. The lowest BCUT2D eigenvalue weighted by molar-refractivity contribution is -0.137. The molecule has 0 fully saturated rings. The molecule has 18 heavy (non-hydrogen) atoms. The Kier molecular flexibility index (Phi) is 6.24. The van der Waals surface area contributed by atoms with Crippen molar-refractivity contribution in [3.63, 3.8) is 0 Å². The van der Waals surface area contributed by atoms with Crippen LogP contribution in [0.2, 0.25) is 0 Å². The van der Waals surface area contributed by atoms with Crippen LogP contribution in [0.1, 0.15) is 11.1 Å². The van der Waals surface area contributed by atoms with E-state index in [-0.39, 0.29) is 18.3 Å². The molecule has 3 N–H and O–H groups in total. The van der Waals surface area contributed by atoms with Crippen LogP contribution in [0, 0.1) is 0 Å². The largest absolute Gasteiger partial charge is 0.468 e. The SMILES string of the molecule is COC(=O)CSCc1ccccc1CC(=O)NN. The quantitative estimate of drug-likeness (QED) is 0.342. The van der Waals surface area contributed by atoms with Gasteiger partial charge in [-0.2, -0.15) is 0 Å². The molecule has 1 rings (SSSR count). The highest BCUT2D eigenvalue weighted by atomic mass is 32.2. The molecule has 0 aliphatic heterocycles. The fourth-order valence-electron chi connectivity index (χ4n) is 1.40. The van der Waals surface area contributed by atoms with Gasteiger partial charge in [-0.05, 0) is 11.1 Å². The van der Waals surface area contributed by atoms with Crippen LogP contribution in [0.25, 0.3) is 0 Å². The summed E-state index contributed by atoms with van der Waals surface area (Å²) in [5.41, 5.74) is 4.04. The van der Waals surface area contributed by atoms with Crippen molar-refractivity contribution >= 4 is 23.6 Å². The molecule has 0 saturated carbocycles. The predicted molar refractivity (Wildman–Crippen MR) is 70.7 cm³/mol. The van der Waals surface area contributed by atoms with Crippen LogP contribution in [0.4, 0.5) is 0 Å². The van der Waals surface area contributed by atoms with Crippen LogP contribution in [-0.2, 0) is 26.5 Å². The Morgan fingerprint density at radius 3 is 2.61 bits per heavy atom. The van der Waals surface area contributed by atoms with Gasteiger partial charge in [-0.3, -0.25) is 15.0 Å². The summed E-state index contributed by atoms with van der Waals surface area (Å²) in [5, 5.41) is 0. The van der Waals surface area contributed by atoms with Gasteiger partial charge in [-0.1, -0.05) is 24.3 Å². The summed E-state index contributed by atoms with van der Waals surface area (Å²) >= 11 is 1.45. The molecule has 0 aliphatic carbocycles. The smallest absolute Gasteiger partial charge is 0.315 e. The van der Waals surface area contributed by atoms with E-state index in [1.54, 1.807) is 0 Å². The molecular weight excluding hydrogens is 252 g/mol. The number of benzene rings is 1. The highest BCUT2D eigenvalue weighted by molar-refractivity contribution is 7.99. The second-order valence-corrected chi connectivity index (χ2v) is 4.57. The molecule has 0 aromatic heterocycles. The Bertz CT molecular complexity index is 424. The lowest BCUT2D eigenvalue weighted by Gasteiger charge is -2.08. The number of hydrogen-bond acceptors (Lipinski definition) is 5. The van der Waals surface area contributed by atoms with Gasteiger partial charge in [0.05, 0.1) is 19.3 Å². The summed E-state index contributed by atoms with van der Waals surface area (Å²) in [5.74, 6) is 5.53. The zero-order valence-corrected chi connectivity index (χ0v) is 11.0. The Morgan fingerprint density at radius 1 is 1.33 bits per heavy atom. The first-order chi connectivity index (χ1) is 8.67. The maximum absolute atomic E-state index is 11.2. The number of carbonyl (C=O) groups excluding carboxylic acids is 2. The first kappa shape index (κ1) is 14.5. The molecule has 0 bridgehead atoms. The average molecular weight is 268 g/mol. The number of hydrazine groups is 1. The van der Waals surface area contributed by atoms with E-state index in [0.29, 0.717) is 11.5 Å². The molecule has 0 heterocycles. The Balaban J connectivity index is 2.59. The first-order valence-electron chi connectivity index (χ1n) is 5.38. The molecule has 1 amide bonds. The third kappa shape index (κ3) is 4.77. The van der Waals surface area contributed by atoms with E-state index in [0.717, 1.165) is 11.1 Å². The Labute approximate surface area is 110 Å². The van der Waals surface area contributed by atoms with Gasteiger partial charge < -0.3 is 4.74 Å². The fraction of sp³-hybridized carbons (Fsp3) is 0.333. The molecule has 0 saturated heterocycles. The minimum absolute atomic E-state index is 0.236. The van der Waals surface area contributed by atoms with Gasteiger partial charge >= 0.3 is 5.97 Å². The van der Waals surface area contributed by atoms with E-state index < -0.39 is 0 Å².